The summed E-state index contributed by atoms with van der Waals surface area (Å²) in [5, 5.41) is 12.6. The lowest BCUT2D eigenvalue weighted by atomic mass is 10.0. The molecule has 1 N–H and O–H groups in total. The van der Waals surface area contributed by atoms with Crippen molar-refractivity contribution in [3.63, 3.8) is 0 Å². The number of likely N-dealkylation sites (N-methyl/N-ethyl adjacent to an activating group) is 1. The second-order valence-electron chi connectivity index (χ2n) is 6.17. The number of ether oxygens (including phenoxy) is 1. The van der Waals surface area contributed by atoms with Gasteiger partial charge in [-0.25, -0.2) is 4.98 Å². The summed E-state index contributed by atoms with van der Waals surface area (Å²) in [6.45, 7) is 4.43. The van der Waals surface area contributed by atoms with Crippen molar-refractivity contribution in [3.8, 4) is 11.1 Å². The van der Waals surface area contributed by atoms with E-state index in [1.807, 2.05) is 36.1 Å². The summed E-state index contributed by atoms with van der Waals surface area (Å²) in [5.41, 5.74) is 2.03. The Bertz CT molecular complexity index is 901. The van der Waals surface area contributed by atoms with Crippen LogP contribution >= 0.6 is 0 Å². The molecule has 27 heavy (non-hydrogen) atoms. The van der Waals surface area contributed by atoms with Gasteiger partial charge in [0.1, 0.15) is 5.82 Å². The third-order valence-electron chi connectivity index (χ3n) is 4.33. The van der Waals surface area contributed by atoms with E-state index in [0.717, 1.165) is 35.0 Å². The predicted molar refractivity (Wildman–Crippen MR) is 105 cm³/mol. The summed E-state index contributed by atoms with van der Waals surface area (Å²) in [7, 11) is 1.66. The first-order valence-corrected chi connectivity index (χ1v) is 8.87. The van der Waals surface area contributed by atoms with Gasteiger partial charge in [-0.2, -0.15) is 10.2 Å². The zero-order valence-electron chi connectivity index (χ0n) is 15.6. The number of carbonyl (C=O) groups is 1. The number of hydrogen-bond donors (Lipinski definition) is 1. The van der Waals surface area contributed by atoms with E-state index in [4.69, 9.17) is 4.74 Å². The van der Waals surface area contributed by atoms with Crippen molar-refractivity contribution in [3.05, 3.63) is 48.9 Å². The molecule has 2 heterocycles. The first kappa shape index (κ1) is 18.9. The smallest absolute Gasteiger partial charge is 0.239 e. The van der Waals surface area contributed by atoms with Crippen molar-refractivity contribution in [2.75, 3.05) is 38.7 Å². The van der Waals surface area contributed by atoms with Gasteiger partial charge >= 0.3 is 0 Å². The van der Waals surface area contributed by atoms with E-state index in [-0.39, 0.29) is 5.91 Å². The summed E-state index contributed by atoms with van der Waals surface area (Å²) in [6, 6.07) is 9.89. The normalized spacial score (nSPS) is 11.1. The van der Waals surface area contributed by atoms with E-state index in [9.17, 15) is 4.79 Å². The number of aromatic nitrogens is 3. The van der Waals surface area contributed by atoms with Crippen LogP contribution in [0.1, 0.15) is 6.92 Å². The predicted octanol–water partition coefficient (Wildman–Crippen LogP) is 2.60. The number of nitrogens with zero attached hydrogens (tertiary/aromatic N) is 4. The minimum absolute atomic E-state index is 0.0886. The Labute approximate surface area is 158 Å². The molecule has 0 atom stereocenters. The van der Waals surface area contributed by atoms with Crippen molar-refractivity contribution >= 4 is 22.5 Å². The van der Waals surface area contributed by atoms with E-state index >= 15 is 0 Å². The molecule has 0 unspecified atom stereocenters. The van der Waals surface area contributed by atoms with Crippen LogP contribution in [0, 0.1) is 0 Å². The Morgan fingerprint density at radius 2 is 2.00 bits per heavy atom. The molecule has 3 rings (SSSR count). The zero-order valence-corrected chi connectivity index (χ0v) is 15.6. The number of nitrogens with one attached hydrogen (secondary N) is 1. The maximum atomic E-state index is 12.3. The van der Waals surface area contributed by atoms with Crippen LogP contribution in [0.4, 0.5) is 5.82 Å². The molecule has 2 aromatic heterocycles. The number of rotatable bonds is 8. The van der Waals surface area contributed by atoms with Crippen LogP contribution in [0.25, 0.3) is 21.9 Å². The average Bonchev–Trinajstić information content (AvgIpc) is 2.71. The molecule has 0 bridgehead atoms. The molecular weight excluding hydrogens is 342 g/mol. The Kier molecular flexibility index (Phi) is 6.40. The van der Waals surface area contributed by atoms with Crippen molar-refractivity contribution in [1.82, 2.24) is 20.1 Å². The van der Waals surface area contributed by atoms with E-state index in [2.05, 4.69) is 26.6 Å². The molecule has 0 saturated heterocycles. The van der Waals surface area contributed by atoms with Crippen LogP contribution < -0.4 is 5.32 Å². The standard InChI is InChI=1S/C20H23N5O2/c1-3-25(8-9-27-2)14-20(26)24-19-11-18-10-15(4-5-16(18)12-21-19)17-6-7-22-23-13-17/h4-7,10-13H,3,8-9,14H2,1-2H3,(H,21,24,26). The van der Waals surface area contributed by atoms with Crippen LogP contribution in [0.15, 0.2) is 48.9 Å². The van der Waals surface area contributed by atoms with E-state index in [0.29, 0.717) is 19.0 Å². The molecule has 0 spiro atoms. The maximum Gasteiger partial charge on any atom is 0.239 e. The Balaban J connectivity index is 1.74. The second kappa shape index (κ2) is 9.16. The highest BCUT2D eigenvalue weighted by Crippen LogP contribution is 2.24. The lowest BCUT2D eigenvalue weighted by molar-refractivity contribution is -0.117. The third kappa shape index (κ3) is 5.06. The van der Waals surface area contributed by atoms with E-state index in [1.165, 1.54) is 0 Å². The van der Waals surface area contributed by atoms with Gasteiger partial charge in [-0.05, 0) is 35.7 Å². The second-order valence-corrected chi connectivity index (χ2v) is 6.17. The minimum Gasteiger partial charge on any atom is -0.383 e. The third-order valence-corrected chi connectivity index (χ3v) is 4.33. The van der Waals surface area contributed by atoms with Crippen molar-refractivity contribution in [2.45, 2.75) is 6.92 Å². The van der Waals surface area contributed by atoms with E-state index < -0.39 is 0 Å². The van der Waals surface area contributed by atoms with Crippen LogP contribution in [0.2, 0.25) is 0 Å². The maximum absolute atomic E-state index is 12.3. The van der Waals surface area contributed by atoms with Crippen molar-refractivity contribution < 1.29 is 9.53 Å². The summed E-state index contributed by atoms with van der Waals surface area (Å²) in [5.74, 6) is 0.453. The minimum atomic E-state index is -0.0886. The van der Waals surface area contributed by atoms with Gasteiger partial charge in [-0.3, -0.25) is 9.69 Å². The fraction of sp³-hybridized carbons (Fsp3) is 0.300. The van der Waals surface area contributed by atoms with Gasteiger partial charge in [0, 0.05) is 30.8 Å². The van der Waals surface area contributed by atoms with Crippen LogP contribution in [0.3, 0.4) is 0 Å². The number of fused-ring (bicyclic) bond motifs is 1. The number of benzene rings is 1. The number of anilines is 1. The van der Waals surface area contributed by atoms with Gasteiger partial charge < -0.3 is 10.1 Å². The van der Waals surface area contributed by atoms with Crippen LogP contribution in [-0.4, -0.2) is 59.3 Å². The highest BCUT2D eigenvalue weighted by atomic mass is 16.5. The number of pyridine rings is 1. The highest BCUT2D eigenvalue weighted by molar-refractivity contribution is 5.94. The van der Waals surface area contributed by atoms with Crippen LogP contribution in [-0.2, 0) is 9.53 Å². The van der Waals surface area contributed by atoms with Gasteiger partial charge in [0.2, 0.25) is 5.91 Å². The summed E-state index contributed by atoms with van der Waals surface area (Å²) >= 11 is 0. The van der Waals surface area contributed by atoms with Crippen molar-refractivity contribution in [2.24, 2.45) is 0 Å². The zero-order chi connectivity index (χ0) is 19.1. The quantitative estimate of drug-likeness (QED) is 0.661. The Morgan fingerprint density at radius 1 is 1.11 bits per heavy atom. The van der Waals surface area contributed by atoms with Crippen molar-refractivity contribution in [1.29, 1.82) is 0 Å². The lowest BCUT2D eigenvalue weighted by Gasteiger charge is -2.19. The first-order chi connectivity index (χ1) is 13.2. The molecule has 7 nitrogen and oxygen atoms in total. The highest BCUT2D eigenvalue weighted by Gasteiger charge is 2.10. The summed E-state index contributed by atoms with van der Waals surface area (Å²) < 4.78 is 5.08. The largest absolute Gasteiger partial charge is 0.383 e. The molecule has 3 aromatic rings. The number of methoxy groups -OCH3 is 1. The van der Waals surface area contributed by atoms with Gasteiger partial charge in [0.25, 0.3) is 0 Å². The fourth-order valence-electron chi connectivity index (χ4n) is 2.81. The summed E-state index contributed by atoms with van der Waals surface area (Å²) in [4.78, 5) is 18.7. The van der Waals surface area contributed by atoms with Gasteiger partial charge in [-0.1, -0.05) is 19.1 Å². The first-order valence-electron chi connectivity index (χ1n) is 8.87. The topological polar surface area (TPSA) is 80.2 Å². The molecule has 0 aliphatic heterocycles. The number of carbonyl (C=O) groups excluding carboxylic acids is 1. The molecule has 1 amide bonds. The van der Waals surface area contributed by atoms with Crippen LogP contribution in [0.5, 0.6) is 0 Å². The number of hydrogen-bond acceptors (Lipinski definition) is 6. The van der Waals surface area contributed by atoms with E-state index in [1.54, 1.807) is 25.7 Å². The van der Waals surface area contributed by atoms with Gasteiger partial charge in [-0.15, -0.1) is 0 Å². The monoisotopic (exact) mass is 365 g/mol. The fourth-order valence-corrected chi connectivity index (χ4v) is 2.81. The average molecular weight is 365 g/mol. The molecule has 0 fully saturated rings. The molecule has 0 saturated carbocycles. The molecular formula is C20H23N5O2. The lowest BCUT2D eigenvalue weighted by Crippen LogP contribution is -2.35. The Morgan fingerprint density at radius 3 is 2.74 bits per heavy atom. The molecule has 140 valence electrons. The van der Waals surface area contributed by atoms with Gasteiger partial charge in [0.05, 0.1) is 25.5 Å². The molecule has 1 aromatic carbocycles. The molecule has 0 radical (unpaired) electrons. The number of amides is 1. The SMILES string of the molecule is CCN(CCOC)CC(=O)Nc1cc2cc(-c3ccnnc3)ccc2cn1. The van der Waals surface area contributed by atoms with Gasteiger partial charge in [0.15, 0.2) is 0 Å². The molecule has 0 aliphatic carbocycles. The molecule has 0 aliphatic rings. The molecule has 7 heteroatoms. The Hall–Kier alpha value is -2.90. The summed E-state index contributed by atoms with van der Waals surface area (Å²) in [6.07, 6.45) is 5.16.